The molecule has 1 rings (SSSR count). The van der Waals surface area contributed by atoms with Crippen LogP contribution in [0.5, 0.6) is 11.5 Å². The number of halogens is 6. The number of aromatic nitrogens is 1. The summed E-state index contributed by atoms with van der Waals surface area (Å²) in [6.45, 7) is 0. The summed E-state index contributed by atoms with van der Waals surface area (Å²) >= 11 is 5.34. The monoisotopic (exact) mass is 291 g/mol. The molecule has 9 heteroatoms. The van der Waals surface area contributed by atoms with Crippen LogP contribution in [0.4, 0.5) is 22.0 Å². The highest BCUT2D eigenvalue weighted by atomic mass is 35.5. The predicted molar refractivity (Wildman–Crippen MR) is 52.0 cm³/mol. The first-order valence-electron chi connectivity index (χ1n) is 4.45. The molecule has 18 heavy (non-hydrogen) atoms. The molecule has 0 saturated heterocycles. The van der Waals surface area contributed by atoms with Crippen LogP contribution in [0, 0.1) is 0 Å². The van der Waals surface area contributed by atoms with Gasteiger partial charge in [-0.05, 0) is 0 Å². The van der Waals surface area contributed by atoms with E-state index in [0.29, 0.717) is 0 Å². The first-order valence-corrected chi connectivity index (χ1v) is 4.99. The zero-order chi connectivity index (χ0) is 13.9. The Morgan fingerprint density at radius 2 is 2.00 bits per heavy atom. The van der Waals surface area contributed by atoms with Crippen molar-refractivity contribution in [1.82, 2.24) is 4.98 Å². The standard InChI is InChI=1S/C9H7ClF5NO2/c1-17-5-3-16-4(2-10)7(6(5)8(11)12)18-9(13,14)15/h3,8H,2H2,1H3. The van der Waals surface area contributed by atoms with Crippen LogP contribution < -0.4 is 9.47 Å². The van der Waals surface area contributed by atoms with Gasteiger partial charge in [0.1, 0.15) is 11.3 Å². The van der Waals surface area contributed by atoms with E-state index in [-0.39, 0.29) is 0 Å². The molecule has 0 saturated carbocycles. The molecular weight excluding hydrogens is 285 g/mol. The zero-order valence-corrected chi connectivity index (χ0v) is 9.65. The van der Waals surface area contributed by atoms with Crippen LogP contribution in [0.25, 0.3) is 0 Å². The number of ether oxygens (including phenoxy) is 2. The summed E-state index contributed by atoms with van der Waals surface area (Å²) in [5.41, 5.74) is -1.47. The topological polar surface area (TPSA) is 31.4 Å². The quantitative estimate of drug-likeness (QED) is 0.626. The van der Waals surface area contributed by atoms with Crippen molar-refractivity contribution in [3.63, 3.8) is 0 Å². The predicted octanol–water partition coefficient (Wildman–Crippen LogP) is 3.67. The highest BCUT2D eigenvalue weighted by molar-refractivity contribution is 6.17. The van der Waals surface area contributed by atoms with Crippen LogP contribution in [0.2, 0.25) is 0 Å². The summed E-state index contributed by atoms with van der Waals surface area (Å²) in [5, 5.41) is 0. The molecule has 0 bridgehead atoms. The average molecular weight is 292 g/mol. The second-order valence-electron chi connectivity index (χ2n) is 3.00. The molecule has 3 nitrogen and oxygen atoms in total. The summed E-state index contributed by atoms with van der Waals surface area (Å²) in [6, 6.07) is 0. The molecule has 1 aromatic rings. The van der Waals surface area contributed by atoms with Gasteiger partial charge in [-0.3, -0.25) is 4.98 Å². The van der Waals surface area contributed by atoms with Gasteiger partial charge in [-0.2, -0.15) is 0 Å². The van der Waals surface area contributed by atoms with Gasteiger partial charge in [0.05, 0.1) is 24.9 Å². The summed E-state index contributed by atoms with van der Waals surface area (Å²) in [6.07, 6.45) is -7.48. The van der Waals surface area contributed by atoms with Crippen LogP contribution in [0.1, 0.15) is 17.7 Å². The van der Waals surface area contributed by atoms with Crippen molar-refractivity contribution >= 4 is 11.6 Å². The average Bonchev–Trinajstić information content (AvgIpc) is 2.25. The van der Waals surface area contributed by atoms with Gasteiger partial charge in [0.25, 0.3) is 6.43 Å². The molecule has 0 aliphatic heterocycles. The molecule has 0 fully saturated rings. The van der Waals surface area contributed by atoms with Crippen LogP contribution in [0.15, 0.2) is 6.20 Å². The second kappa shape index (κ2) is 5.55. The zero-order valence-electron chi connectivity index (χ0n) is 8.89. The van der Waals surface area contributed by atoms with E-state index in [1.165, 1.54) is 0 Å². The van der Waals surface area contributed by atoms with Gasteiger partial charge in [0.2, 0.25) is 0 Å². The van der Waals surface area contributed by atoms with Gasteiger partial charge in [0.15, 0.2) is 5.75 Å². The Kier molecular flexibility index (Phi) is 4.55. The van der Waals surface area contributed by atoms with E-state index in [9.17, 15) is 22.0 Å². The second-order valence-corrected chi connectivity index (χ2v) is 3.27. The molecule has 1 heterocycles. The molecule has 1 aromatic heterocycles. The minimum absolute atomic E-state index is 0.440. The highest BCUT2D eigenvalue weighted by Crippen LogP contribution is 2.41. The maximum Gasteiger partial charge on any atom is 0.573 e. The molecule has 0 aliphatic carbocycles. The first-order chi connectivity index (χ1) is 8.30. The van der Waals surface area contributed by atoms with Gasteiger partial charge >= 0.3 is 6.36 Å². The van der Waals surface area contributed by atoms with E-state index in [2.05, 4.69) is 14.5 Å². The number of hydrogen-bond donors (Lipinski definition) is 0. The maximum atomic E-state index is 12.8. The lowest BCUT2D eigenvalue weighted by atomic mass is 10.2. The summed E-state index contributed by atoms with van der Waals surface area (Å²) in [4.78, 5) is 3.48. The summed E-state index contributed by atoms with van der Waals surface area (Å²) in [5.74, 6) is -2.13. The third-order valence-corrected chi connectivity index (χ3v) is 2.15. The van der Waals surface area contributed by atoms with Crippen molar-refractivity contribution in [1.29, 1.82) is 0 Å². The fourth-order valence-electron chi connectivity index (χ4n) is 1.23. The Hall–Kier alpha value is -1.31. The third-order valence-electron chi connectivity index (χ3n) is 1.89. The maximum absolute atomic E-state index is 12.8. The molecule has 0 spiro atoms. The summed E-state index contributed by atoms with van der Waals surface area (Å²) in [7, 11) is 1.03. The molecule has 0 aliphatic rings. The summed E-state index contributed by atoms with van der Waals surface area (Å²) < 4.78 is 70.1. The van der Waals surface area contributed by atoms with E-state index < -0.39 is 41.4 Å². The third kappa shape index (κ3) is 3.34. The molecule has 0 unspecified atom stereocenters. The Morgan fingerprint density at radius 1 is 1.39 bits per heavy atom. The van der Waals surface area contributed by atoms with Crippen molar-refractivity contribution in [2.75, 3.05) is 7.11 Å². The van der Waals surface area contributed by atoms with Crippen LogP contribution in [-0.2, 0) is 5.88 Å². The fourth-order valence-corrected chi connectivity index (χ4v) is 1.42. The van der Waals surface area contributed by atoms with Crippen molar-refractivity contribution in [3.8, 4) is 11.5 Å². The number of pyridine rings is 1. The van der Waals surface area contributed by atoms with E-state index >= 15 is 0 Å². The SMILES string of the molecule is COc1cnc(CCl)c(OC(F)(F)F)c1C(F)F. The van der Waals surface area contributed by atoms with Crippen LogP contribution in [0.3, 0.4) is 0 Å². The van der Waals surface area contributed by atoms with Crippen LogP contribution in [-0.4, -0.2) is 18.5 Å². The van der Waals surface area contributed by atoms with Crippen LogP contribution >= 0.6 is 11.6 Å². The molecule has 102 valence electrons. The molecule has 0 amide bonds. The van der Waals surface area contributed by atoms with E-state index in [1.54, 1.807) is 0 Å². The number of hydrogen-bond acceptors (Lipinski definition) is 3. The molecule has 0 aromatic carbocycles. The van der Waals surface area contributed by atoms with E-state index in [1.807, 2.05) is 0 Å². The molecular formula is C9H7ClF5NO2. The van der Waals surface area contributed by atoms with Gasteiger partial charge in [-0.15, -0.1) is 24.8 Å². The van der Waals surface area contributed by atoms with Crippen molar-refractivity contribution in [2.45, 2.75) is 18.7 Å². The normalized spacial score (nSPS) is 11.8. The Labute approximate surface area is 103 Å². The highest BCUT2D eigenvalue weighted by Gasteiger charge is 2.36. The van der Waals surface area contributed by atoms with Gasteiger partial charge in [-0.25, -0.2) is 8.78 Å². The number of alkyl halides is 6. The van der Waals surface area contributed by atoms with E-state index in [4.69, 9.17) is 11.6 Å². The number of methoxy groups -OCH3 is 1. The van der Waals surface area contributed by atoms with Crippen molar-refractivity contribution in [3.05, 3.63) is 17.5 Å². The lowest BCUT2D eigenvalue weighted by Crippen LogP contribution is -2.20. The van der Waals surface area contributed by atoms with E-state index in [0.717, 1.165) is 13.3 Å². The molecule has 0 atom stereocenters. The largest absolute Gasteiger partial charge is 0.573 e. The smallest absolute Gasteiger partial charge is 0.494 e. The molecule has 0 N–H and O–H groups in total. The Morgan fingerprint density at radius 3 is 2.39 bits per heavy atom. The van der Waals surface area contributed by atoms with Gasteiger partial charge in [0, 0.05) is 0 Å². The van der Waals surface area contributed by atoms with Gasteiger partial charge < -0.3 is 9.47 Å². The van der Waals surface area contributed by atoms with Crippen molar-refractivity contribution < 1.29 is 31.4 Å². The first kappa shape index (κ1) is 14.7. The fraction of sp³-hybridized carbons (Fsp3) is 0.444. The minimum Gasteiger partial charge on any atom is -0.494 e. The van der Waals surface area contributed by atoms with Crippen molar-refractivity contribution in [2.24, 2.45) is 0 Å². The number of rotatable bonds is 4. The Bertz CT molecular complexity index is 424. The number of nitrogens with zero attached hydrogens (tertiary/aromatic N) is 1. The lowest BCUT2D eigenvalue weighted by Gasteiger charge is -2.17. The van der Waals surface area contributed by atoms with Gasteiger partial charge in [-0.1, -0.05) is 0 Å². The lowest BCUT2D eigenvalue weighted by molar-refractivity contribution is -0.275. The Balaban J connectivity index is 3.40. The minimum atomic E-state index is -5.13. The molecule has 0 radical (unpaired) electrons.